The van der Waals surface area contributed by atoms with Crippen LogP contribution in [-0.4, -0.2) is 44.3 Å². The zero-order valence-corrected chi connectivity index (χ0v) is 10.7. The summed E-state index contributed by atoms with van der Waals surface area (Å²) in [5.41, 5.74) is 2.31. The minimum Gasteiger partial charge on any atom is -0.384 e. The molecule has 1 fully saturated rings. The average molecular weight is 255 g/mol. The number of anilines is 1. The third-order valence-electron chi connectivity index (χ3n) is 2.94. The van der Waals surface area contributed by atoms with Crippen LogP contribution in [0.2, 0.25) is 0 Å². The van der Waals surface area contributed by atoms with E-state index in [9.17, 15) is 0 Å². The highest BCUT2D eigenvalue weighted by atomic mass is 35.5. The number of alkyl halides is 1. The Hall–Kier alpha value is -0.770. The summed E-state index contributed by atoms with van der Waals surface area (Å²) in [6.07, 6.45) is 0. The predicted octanol–water partition coefficient (Wildman–Crippen LogP) is 2.17. The Morgan fingerprint density at radius 3 is 2.88 bits per heavy atom. The predicted molar refractivity (Wildman–Crippen MR) is 71.7 cm³/mol. The van der Waals surface area contributed by atoms with Crippen molar-refractivity contribution in [3.05, 3.63) is 29.8 Å². The normalized spacial score (nSPS) is 17.0. The van der Waals surface area contributed by atoms with Crippen molar-refractivity contribution in [1.82, 2.24) is 4.90 Å². The fourth-order valence-electron chi connectivity index (χ4n) is 1.95. The molecule has 4 heteroatoms. The summed E-state index contributed by atoms with van der Waals surface area (Å²) in [6.45, 7) is 5.84. The van der Waals surface area contributed by atoms with Gasteiger partial charge in [0.1, 0.15) is 0 Å². The highest BCUT2D eigenvalue weighted by Gasteiger charge is 2.08. The summed E-state index contributed by atoms with van der Waals surface area (Å²) in [6, 6.07) is 8.26. The van der Waals surface area contributed by atoms with Gasteiger partial charge in [-0.25, -0.2) is 0 Å². The molecule has 0 aromatic heterocycles. The van der Waals surface area contributed by atoms with Gasteiger partial charge in [-0.1, -0.05) is 12.1 Å². The van der Waals surface area contributed by atoms with Gasteiger partial charge in [-0.05, 0) is 17.7 Å². The van der Waals surface area contributed by atoms with Gasteiger partial charge in [-0.3, -0.25) is 4.90 Å². The van der Waals surface area contributed by atoms with Crippen molar-refractivity contribution in [2.75, 3.05) is 44.7 Å². The number of rotatable bonds is 5. The maximum absolute atomic E-state index is 5.80. The van der Waals surface area contributed by atoms with Gasteiger partial charge in [0.15, 0.2) is 0 Å². The van der Waals surface area contributed by atoms with Gasteiger partial charge in [-0.15, -0.1) is 11.6 Å². The van der Waals surface area contributed by atoms with E-state index < -0.39 is 0 Å². The van der Waals surface area contributed by atoms with Gasteiger partial charge >= 0.3 is 0 Å². The lowest BCUT2D eigenvalue weighted by molar-refractivity contribution is 0.0398. The second-order valence-corrected chi connectivity index (χ2v) is 4.48. The maximum Gasteiger partial charge on any atom is 0.0594 e. The molecule has 1 N–H and O–H groups in total. The smallest absolute Gasteiger partial charge is 0.0594 e. The minimum atomic E-state index is 0.568. The lowest BCUT2D eigenvalue weighted by atomic mass is 10.2. The molecule has 0 unspecified atom stereocenters. The van der Waals surface area contributed by atoms with Crippen molar-refractivity contribution in [3.63, 3.8) is 0 Å². The molecule has 1 aliphatic heterocycles. The van der Waals surface area contributed by atoms with Gasteiger partial charge in [0.05, 0.1) is 13.2 Å². The third kappa shape index (κ3) is 4.19. The van der Waals surface area contributed by atoms with E-state index in [1.54, 1.807) is 0 Å². The number of nitrogens with one attached hydrogen (secondary N) is 1. The molecule has 1 aliphatic rings. The molecule has 3 nitrogen and oxygen atoms in total. The molecule has 0 atom stereocenters. The Balaban J connectivity index is 1.73. The van der Waals surface area contributed by atoms with Gasteiger partial charge in [-0.2, -0.15) is 0 Å². The Morgan fingerprint density at radius 1 is 1.29 bits per heavy atom. The molecule has 0 aliphatic carbocycles. The molecule has 1 aromatic rings. The molecule has 1 aromatic carbocycles. The molecule has 0 spiro atoms. The Bertz CT molecular complexity index is 340. The third-order valence-corrected chi connectivity index (χ3v) is 3.25. The second-order valence-electron chi connectivity index (χ2n) is 4.21. The fourth-order valence-corrected chi connectivity index (χ4v) is 2.11. The van der Waals surface area contributed by atoms with Gasteiger partial charge in [0, 0.05) is 37.7 Å². The topological polar surface area (TPSA) is 24.5 Å². The van der Waals surface area contributed by atoms with Gasteiger partial charge in [0.2, 0.25) is 0 Å². The summed E-state index contributed by atoms with van der Waals surface area (Å²) in [4.78, 5) is 2.42. The number of hydrogen-bond donors (Lipinski definition) is 1. The highest BCUT2D eigenvalue weighted by Crippen LogP contribution is 2.12. The molecular formula is C13H19ClN2O. The monoisotopic (exact) mass is 254 g/mol. The standard InChI is InChI=1S/C13H19ClN2O/c14-11-12-2-1-3-13(10-12)15-4-5-16-6-8-17-9-7-16/h1-3,10,15H,4-9,11H2. The van der Waals surface area contributed by atoms with Gasteiger partial charge in [0.25, 0.3) is 0 Å². The van der Waals surface area contributed by atoms with Crippen LogP contribution in [0.5, 0.6) is 0 Å². The first-order chi connectivity index (χ1) is 8.38. The summed E-state index contributed by atoms with van der Waals surface area (Å²) < 4.78 is 5.32. The number of benzene rings is 1. The molecule has 0 amide bonds. The van der Waals surface area contributed by atoms with E-state index in [2.05, 4.69) is 22.3 Å². The average Bonchev–Trinajstić information content (AvgIpc) is 2.40. The highest BCUT2D eigenvalue weighted by molar-refractivity contribution is 6.17. The maximum atomic E-state index is 5.80. The number of morpholine rings is 1. The zero-order valence-electron chi connectivity index (χ0n) is 9.99. The van der Waals surface area contributed by atoms with Crippen LogP contribution in [0.1, 0.15) is 5.56 Å². The molecule has 94 valence electrons. The van der Waals surface area contributed by atoms with Crippen LogP contribution in [-0.2, 0) is 10.6 Å². The van der Waals surface area contributed by atoms with E-state index in [-0.39, 0.29) is 0 Å². The summed E-state index contributed by atoms with van der Waals surface area (Å²) in [7, 11) is 0. The van der Waals surface area contributed by atoms with Crippen LogP contribution in [0.15, 0.2) is 24.3 Å². The molecule has 0 radical (unpaired) electrons. The lowest BCUT2D eigenvalue weighted by Gasteiger charge is -2.26. The van der Waals surface area contributed by atoms with Crippen LogP contribution < -0.4 is 5.32 Å². The SMILES string of the molecule is ClCc1cccc(NCCN2CCOCC2)c1. The van der Waals surface area contributed by atoms with E-state index >= 15 is 0 Å². The van der Waals surface area contributed by atoms with Crippen LogP contribution in [0.4, 0.5) is 5.69 Å². The first-order valence-corrected chi connectivity index (χ1v) is 6.61. The fraction of sp³-hybridized carbons (Fsp3) is 0.538. The molecule has 0 saturated carbocycles. The number of ether oxygens (including phenoxy) is 1. The molecule has 1 saturated heterocycles. The van der Waals surface area contributed by atoms with Crippen molar-refractivity contribution >= 4 is 17.3 Å². The van der Waals surface area contributed by atoms with Crippen molar-refractivity contribution in [1.29, 1.82) is 0 Å². The zero-order chi connectivity index (χ0) is 11.9. The van der Waals surface area contributed by atoms with E-state index in [0.717, 1.165) is 50.6 Å². The molecular weight excluding hydrogens is 236 g/mol. The summed E-state index contributed by atoms with van der Waals surface area (Å²) >= 11 is 5.80. The van der Waals surface area contributed by atoms with Crippen LogP contribution in [0.25, 0.3) is 0 Å². The number of hydrogen-bond acceptors (Lipinski definition) is 3. The first kappa shape index (κ1) is 12.7. The second kappa shape index (κ2) is 6.84. The van der Waals surface area contributed by atoms with E-state index in [1.807, 2.05) is 12.1 Å². The van der Waals surface area contributed by atoms with E-state index in [4.69, 9.17) is 16.3 Å². The Morgan fingerprint density at radius 2 is 2.12 bits per heavy atom. The van der Waals surface area contributed by atoms with Crippen LogP contribution in [0, 0.1) is 0 Å². The number of halogens is 1. The quantitative estimate of drug-likeness (QED) is 0.815. The van der Waals surface area contributed by atoms with Crippen molar-refractivity contribution in [3.8, 4) is 0 Å². The number of nitrogens with zero attached hydrogens (tertiary/aromatic N) is 1. The van der Waals surface area contributed by atoms with Crippen molar-refractivity contribution in [2.45, 2.75) is 5.88 Å². The lowest BCUT2D eigenvalue weighted by Crippen LogP contribution is -2.39. The van der Waals surface area contributed by atoms with E-state index in [0.29, 0.717) is 5.88 Å². The molecule has 1 heterocycles. The molecule has 2 rings (SSSR count). The molecule has 17 heavy (non-hydrogen) atoms. The Kier molecular flexibility index (Phi) is 5.10. The molecule has 0 bridgehead atoms. The van der Waals surface area contributed by atoms with E-state index in [1.165, 1.54) is 0 Å². The Labute approximate surface area is 108 Å². The van der Waals surface area contributed by atoms with Gasteiger partial charge < -0.3 is 10.1 Å². The van der Waals surface area contributed by atoms with Crippen molar-refractivity contribution < 1.29 is 4.74 Å². The summed E-state index contributed by atoms with van der Waals surface area (Å²) in [5, 5.41) is 3.43. The largest absolute Gasteiger partial charge is 0.384 e. The van der Waals surface area contributed by atoms with Crippen LogP contribution in [0.3, 0.4) is 0 Å². The van der Waals surface area contributed by atoms with Crippen molar-refractivity contribution in [2.24, 2.45) is 0 Å². The minimum absolute atomic E-state index is 0.568. The van der Waals surface area contributed by atoms with Crippen LogP contribution >= 0.6 is 11.6 Å². The summed E-state index contributed by atoms with van der Waals surface area (Å²) in [5.74, 6) is 0.568. The first-order valence-electron chi connectivity index (χ1n) is 6.07.